The Bertz CT molecular complexity index is 494. The molecule has 0 aromatic heterocycles. The number of benzene rings is 1. The molecule has 1 atom stereocenters. The number of urea groups is 1. The highest BCUT2D eigenvalue weighted by atomic mass is 19.1. The van der Waals surface area contributed by atoms with Crippen LogP contribution in [0.15, 0.2) is 24.3 Å². The maximum absolute atomic E-state index is 13.5. The fraction of sp³-hybridized carbons (Fsp3) is 0.467. The number of aliphatic carboxylic acids is 1. The van der Waals surface area contributed by atoms with E-state index in [1.807, 2.05) is 6.92 Å². The lowest BCUT2D eigenvalue weighted by Crippen LogP contribution is -2.43. The molecule has 0 heterocycles. The van der Waals surface area contributed by atoms with Gasteiger partial charge >= 0.3 is 12.0 Å². The molecule has 0 aliphatic heterocycles. The third-order valence-electron chi connectivity index (χ3n) is 3.10. The van der Waals surface area contributed by atoms with Gasteiger partial charge in [-0.15, -0.1) is 0 Å². The molecule has 2 N–H and O–H groups in total. The molecule has 1 rings (SSSR count). The predicted molar refractivity (Wildman–Crippen MR) is 77.3 cm³/mol. The van der Waals surface area contributed by atoms with Crippen LogP contribution in [0.5, 0.6) is 0 Å². The molecule has 2 amide bonds. The Balaban J connectivity index is 2.60. The van der Waals surface area contributed by atoms with Gasteiger partial charge in [-0.25, -0.2) is 9.18 Å². The first-order chi connectivity index (χ1) is 9.93. The van der Waals surface area contributed by atoms with Crippen LogP contribution in [0.4, 0.5) is 9.18 Å². The Hall–Kier alpha value is -2.11. The van der Waals surface area contributed by atoms with Crippen molar-refractivity contribution in [3.63, 3.8) is 0 Å². The van der Waals surface area contributed by atoms with Gasteiger partial charge in [0.2, 0.25) is 0 Å². The molecule has 0 spiro atoms. The smallest absolute Gasteiger partial charge is 0.317 e. The number of carbonyl (C=O) groups is 2. The first-order valence-corrected chi connectivity index (χ1v) is 6.90. The summed E-state index contributed by atoms with van der Waals surface area (Å²) in [6.07, 6.45) is 1.24. The molecule has 0 radical (unpaired) electrons. The van der Waals surface area contributed by atoms with Crippen LogP contribution < -0.4 is 5.32 Å². The standard InChI is InChI=1S/C15H21FN2O3/c1-3-6-12(9-14(19)20)17-15(21)18(2)10-11-7-4-5-8-13(11)16/h4-5,7-8,12H,3,6,9-10H2,1-2H3,(H,17,21)(H,19,20). The molecule has 0 aliphatic carbocycles. The third kappa shape index (κ3) is 5.81. The van der Waals surface area contributed by atoms with Crippen LogP contribution in [0, 0.1) is 5.82 Å². The fourth-order valence-corrected chi connectivity index (χ4v) is 2.02. The van der Waals surface area contributed by atoms with Crippen molar-refractivity contribution >= 4 is 12.0 Å². The van der Waals surface area contributed by atoms with Crippen LogP contribution in [0.25, 0.3) is 0 Å². The minimum atomic E-state index is -0.953. The van der Waals surface area contributed by atoms with E-state index in [9.17, 15) is 14.0 Å². The molecule has 1 aromatic rings. The number of hydrogen-bond acceptors (Lipinski definition) is 2. The minimum absolute atomic E-state index is 0.118. The summed E-state index contributed by atoms with van der Waals surface area (Å²) < 4.78 is 13.5. The maximum atomic E-state index is 13.5. The monoisotopic (exact) mass is 296 g/mol. The van der Waals surface area contributed by atoms with Crippen LogP contribution >= 0.6 is 0 Å². The topological polar surface area (TPSA) is 69.6 Å². The average Bonchev–Trinajstić information content (AvgIpc) is 2.40. The largest absolute Gasteiger partial charge is 0.481 e. The lowest BCUT2D eigenvalue weighted by atomic mass is 10.1. The normalized spacial score (nSPS) is 11.8. The number of carboxylic acid groups (broad SMARTS) is 1. The highest BCUT2D eigenvalue weighted by molar-refractivity contribution is 5.75. The molecule has 0 bridgehead atoms. The van der Waals surface area contributed by atoms with Gasteiger partial charge in [0, 0.05) is 25.2 Å². The molecular weight excluding hydrogens is 275 g/mol. The summed E-state index contributed by atoms with van der Waals surface area (Å²) in [4.78, 5) is 24.1. The number of nitrogens with zero attached hydrogens (tertiary/aromatic N) is 1. The van der Waals surface area contributed by atoms with Crippen molar-refractivity contribution in [2.75, 3.05) is 7.05 Å². The second kappa shape index (κ2) is 8.24. The Kier molecular flexibility index (Phi) is 6.65. The van der Waals surface area contributed by atoms with E-state index >= 15 is 0 Å². The van der Waals surface area contributed by atoms with E-state index in [-0.39, 0.29) is 18.8 Å². The summed E-state index contributed by atoms with van der Waals surface area (Å²) in [6.45, 7) is 2.05. The van der Waals surface area contributed by atoms with Crippen LogP contribution in [0.2, 0.25) is 0 Å². The van der Waals surface area contributed by atoms with Crippen LogP contribution in [0.1, 0.15) is 31.7 Å². The molecular formula is C15H21FN2O3. The zero-order chi connectivity index (χ0) is 15.8. The molecule has 0 saturated heterocycles. The molecule has 21 heavy (non-hydrogen) atoms. The summed E-state index contributed by atoms with van der Waals surface area (Å²) in [5, 5.41) is 11.5. The quantitative estimate of drug-likeness (QED) is 0.812. The van der Waals surface area contributed by atoms with Crippen molar-refractivity contribution < 1.29 is 19.1 Å². The van der Waals surface area contributed by atoms with E-state index < -0.39 is 18.0 Å². The number of amides is 2. The van der Waals surface area contributed by atoms with E-state index in [2.05, 4.69) is 5.32 Å². The molecule has 1 aromatic carbocycles. The minimum Gasteiger partial charge on any atom is -0.481 e. The van der Waals surface area contributed by atoms with Crippen LogP contribution in [-0.2, 0) is 11.3 Å². The van der Waals surface area contributed by atoms with Crippen molar-refractivity contribution in [3.05, 3.63) is 35.6 Å². The molecule has 0 saturated carbocycles. The first-order valence-electron chi connectivity index (χ1n) is 6.90. The van der Waals surface area contributed by atoms with Gasteiger partial charge in [0.25, 0.3) is 0 Å². The number of nitrogens with one attached hydrogen (secondary N) is 1. The number of carbonyl (C=O) groups excluding carboxylic acids is 1. The molecule has 0 aliphatic rings. The van der Waals surface area contributed by atoms with E-state index in [0.717, 1.165) is 6.42 Å². The number of hydrogen-bond donors (Lipinski definition) is 2. The van der Waals surface area contributed by atoms with Crippen molar-refractivity contribution in [3.8, 4) is 0 Å². The lowest BCUT2D eigenvalue weighted by molar-refractivity contribution is -0.137. The van der Waals surface area contributed by atoms with Gasteiger partial charge < -0.3 is 15.3 Å². The van der Waals surface area contributed by atoms with Crippen molar-refractivity contribution in [2.45, 2.75) is 38.8 Å². The zero-order valence-corrected chi connectivity index (χ0v) is 12.3. The summed E-state index contributed by atoms with van der Waals surface area (Å²) in [6, 6.07) is 5.42. The number of halogens is 1. The first kappa shape index (κ1) is 16.9. The van der Waals surface area contributed by atoms with E-state index in [1.165, 1.54) is 11.0 Å². The van der Waals surface area contributed by atoms with Gasteiger partial charge in [-0.3, -0.25) is 4.79 Å². The van der Waals surface area contributed by atoms with E-state index in [4.69, 9.17) is 5.11 Å². The second-order valence-corrected chi connectivity index (χ2v) is 4.98. The van der Waals surface area contributed by atoms with E-state index in [0.29, 0.717) is 12.0 Å². The number of rotatable bonds is 7. The molecule has 6 heteroatoms. The summed E-state index contributed by atoms with van der Waals surface area (Å²) in [7, 11) is 1.55. The van der Waals surface area contributed by atoms with Gasteiger partial charge in [-0.05, 0) is 12.5 Å². The van der Waals surface area contributed by atoms with Crippen molar-refractivity contribution in [2.24, 2.45) is 0 Å². The summed E-state index contributed by atoms with van der Waals surface area (Å²) in [5.41, 5.74) is 0.417. The van der Waals surface area contributed by atoms with Crippen LogP contribution in [0.3, 0.4) is 0 Å². The van der Waals surface area contributed by atoms with Crippen molar-refractivity contribution in [1.29, 1.82) is 0 Å². The Labute approximate surface area is 123 Å². The average molecular weight is 296 g/mol. The van der Waals surface area contributed by atoms with Gasteiger partial charge in [0.15, 0.2) is 0 Å². The molecule has 0 fully saturated rings. The van der Waals surface area contributed by atoms with E-state index in [1.54, 1.807) is 25.2 Å². The number of carboxylic acids is 1. The van der Waals surface area contributed by atoms with Gasteiger partial charge in [0.1, 0.15) is 5.82 Å². The highest BCUT2D eigenvalue weighted by Crippen LogP contribution is 2.09. The fourth-order valence-electron chi connectivity index (χ4n) is 2.02. The lowest BCUT2D eigenvalue weighted by Gasteiger charge is -2.22. The molecule has 5 nitrogen and oxygen atoms in total. The highest BCUT2D eigenvalue weighted by Gasteiger charge is 2.18. The third-order valence-corrected chi connectivity index (χ3v) is 3.10. The SMILES string of the molecule is CCCC(CC(=O)O)NC(=O)N(C)Cc1ccccc1F. The van der Waals surface area contributed by atoms with Crippen molar-refractivity contribution in [1.82, 2.24) is 10.2 Å². The maximum Gasteiger partial charge on any atom is 0.317 e. The zero-order valence-electron chi connectivity index (χ0n) is 12.3. The second-order valence-electron chi connectivity index (χ2n) is 4.98. The van der Waals surface area contributed by atoms with Gasteiger partial charge in [0.05, 0.1) is 6.42 Å². The summed E-state index contributed by atoms with van der Waals surface area (Å²) in [5.74, 6) is -1.32. The molecule has 116 valence electrons. The van der Waals surface area contributed by atoms with Gasteiger partial charge in [-0.1, -0.05) is 31.5 Å². The summed E-state index contributed by atoms with van der Waals surface area (Å²) >= 11 is 0. The van der Waals surface area contributed by atoms with Crippen LogP contribution in [-0.4, -0.2) is 35.1 Å². The van der Waals surface area contributed by atoms with Gasteiger partial charge in [-0.2, -0.15) is 0 Å². The predicted octanol–water partition coefficient (Wildman–Crippen LogP) is 2.61. The Morgan fingerprint density at radius 3 is 2.62 bits per heavy atom. The Morgan fingerprint density at radius 1 is 1.38 bits per heavy atom. The Morgan fingerprint density at radius 2 is 2.05 bits per heavy atom. The molecule has 1 unspecified atom stereocenters.